The number of nitrogens with one attached hydrogen (secondary N) is 1. The topological polar surface area (TPSA) is 76.2 Å². The van der Waals surface area contributed by atoms with Gasteiger partial charge in [-0.3, -0.25) is 19.3 Å². The van der Waals surface area contributed by atoms with Crippen LogP contribution < -0.4 is 10.2 Å². The number of fused-ring (bicyclic) bond motifs is 2. The fourth-order valence-corrected chi connectivity index (χ4v) is 5.48. The van der Waals surface area contributed by atoms with E-state index in [-0.39, 0.29) is 17.7 Å². The van der Waals surface area contributed by atoms with E-state index in [1.807, 2.05) is 42.5 Å². The number of nitrogens with zero attached hydrogens (tertiary/aromatic N) is 4. The van der Waals surface area contributed by atoms with Crippen molar-refractivity contribution in [1.82, 2.24) is 20.0 Å². The lowest BCUT2D eigenvalue weighted by Gasteiger charge is -2.33. The second-order valence-electron chi connectivity index (χ2n) is 9.83. The molecule has 3 aliphatic rings. The second kappa shape index (κ2) is 10.8. The normalized spacial score (nSPS) is 20.8. The van der Waals surface area contributed by atoms with Crippen molar-refractivity contribution < 1.29 is 14.4 Å². The maximum atomic E-state index is 13.5. The number of likely N-dealkylation sites (N-methyl/N-ethyl adjacent to an activating group) is 1. The molecule has 2 aromatic carbocycles. The molecule has 3 aliphatic heterocycles. The average molecular weight is 490 g/mol. The van der Waals surface area contributed by atoms with Gasteiger partial charge in [0.1, 0.15) is 6.04 Å². The quantitative estimate of drug-likeness (QED) is 0.646. The molecular weight excluding hydrogens is 454 g/mol. The van der Waals surface area contributed by atoms with Crippen LogP contribution in [0.2, 0.25) is 0 Å². The van der Waals surface area contributed by atoms with E-state index in [0.29, 0.717) is 42.9 Å². The molecule has 0 radical (unpaired) electrons. The molecular formula is C28H35N5O3. The Morgan fingerprint density at radius 3 is 2.42 bits per heavy atom. The van der Waals surface area contributed by atoms with Crippen LogP contribution in [-0.2, 0) is 11.3 Å². The highest BCUT2D eigenvalue weighted by atomic mass is 16.2. The summed E-state index contributed by atoms with van der Waals surface area (Å²) in [7, 11) is 0. The Balaban J connectivity index is 1.21. The van der Waals surface area contributed by atoms with Crippen molar-refractivity contribution in [3.63, 3.8) is 0 Å². The molecule has 1 unspecified atom stereocenters. The number of hydrogen-bond acceptors (Lipinski definition) is 5. The fraction of sp³-hybridized carbons (Fsp3) is 0.464. The van der Waals surface area contributed by atoms with Gasteiger partial charge in [-0.25, -0.2) is 0 Å². The summed E-state index contributed by atoms with van der Waals surface area (Å²) in [6.07, 6.45) is 1.54. The Morgan fingerprint density at radius 1 is 0.944 bits per heavy atom. The maximum absolute atomic E-state index is 13.5. The van der Waals surface area contributed by atoms with E-state index in [0.717, 1.165) is 51.3 Å². The molecule has 2 aromatic rings. The van der Waals surface area contributed by atoms with Gasteiger partial charge in [0.15, 0.2) is 0 Å². The van der Waals surface area contributed by atoms with E-state index < -0.39 is 6.04 Å². The third kappa shape index (κ3) is 5.01. The number of anilines is 1. The van der Waals surface area contributed by atoms with Crippen molar-refractivity contribution in [2.24, 2.45) is 0 Å². The molecule has 2 saturated heterocycles. The van der Waals surface area contributed by atoms with Gasteiger partial charge in [0.25, 0.3) is 11.8 Å². The average Bonchev–Trinajstić information content (AvgIpc) is 3.39. The van der Waals surface area contributed by atoms with E-state index in [4.69, 9.17) is 0 Å². The van der Waals surface area contributed by atoms with Crippen LogP contribution in [0.5, 0.6) is 0 Å². The third-order valence-electron chi connectivity index (χ3n) is 7.67. The lowest BCUT2D eigenvalue weighted by molar-refractivity contribution is -0.122. The monoisotopic (exact) mass is 489 g/mol. The van der Waals surface area contributed by atoms with Crippen molar-refractivity contribution in [1.29, 1.82) is 0 Å². The summed E-state index contributed by atoms with van der Waals surface area (Å²) in [6, 6.07) is 14.4. The van der Waals surface area contributed by atoms with Gasteiger partial charge in [0.2, 0.25) is 5.91 Å². The van der Waals surface area contributed by atoms with Crippen molar-refractivity contribution in [2.75, 3.05) is 57.3 Å². The molecule has 1 N–H and O–H groups in total. The number of rotatable bonds is 7. The summed E-state index contributed by atoms with van der Waals surface area (Å²) in [5, 5.41) is 3.03. The van der Waals surface area contributed by atoms with Gasteiger partial charge in [-0.1, -0.05) is 31.2 Å². The highest BCUT2D eigenvalue weighted by Crippen LogP contribution is 2.33. The van der Waals surface area contributed by atoms with Crippen LogP contribution >= 0.6 is 0 Å². The molecule has 190 valence electrons. The largest absolute Gasteiger partial charge is 0.351 e. The number of amides is 3. The zero-order valence-electron chi connectivity index (χ0n) is 21.0. The Kier molecular flexibility index (Phi) is 7.34. The Morgan fingerprint density at radius 2 is 1.67 bits per heavy atom. The SMILES string of the molecule is CCN1CCN(CCNC(=O)c2ccc(CN3C(=O)C4CCCN4C(=O)c4ccccc43)cc2)CC1. The van der Waals surface area contributed by atoms with Gasteiger partial charge >= 0.3 is 0 Å². The summed E-state index contributed by atoms with van der Waals surface area (Å²) in [5.41, 5.74) is 2.75. The predicted octanol–water partition coefficient (Wildman–Crippen LogP) is 2.21. The third-order valence-corrected chi connectivity index (χ3v) is 7.67. The summed E-state index contributed by atoms with van der Waals surface area (Å²) in [6.45, 7) is 10.0. The first-order chi connectivity index (χ1) is 17.5. The van der Waals surface area contributed by atoms with Crippen molar-refractivity contribution in [3.8, 4) is 0 Å². The van der Waals surface area contributed by atoms with Crippen LogP contribution in [0.25, 0.3) is 0 Å². The molecule has 8 heteroatoms. The lowest BCUT2D eigenvalue weighted by Crippen LogP contribution is -2.48. The molecule has 36 heavy (non-hydrogen) atoms. The highest BCUT2D eigenvalue weighted by molar-refractivity contribution is 6.11. The van der Waals surface area contributed by atoms with Crippen molar-refractivity contribution in [2.45, 2.75) is 32.4 Å². The van der Waals surface area contributed by atoms with Crippen LogP contribution in [-0.4, -0.2) is 90.8 Å². The van der Waals surface area contributed by atoms with E-state index in [2.05, 4.69) is 22.0 Å². The minimum Gasteiger partial charge on any atom is -0.351 e. The van der Waals surface area contributed by atoms with E-state index >= 15 is 0 Å². The van der Waals surface area contributed by atoms with Gasteiger partial charge in [-0.2, -0.15) is 0 Å². The fourth-order valence-electron chi connectivity index (χ4n) is 5.48. The Hall–Kier alpha value is -3.23. The first kappa shape index (κ1) is 24.5. The zero-order valence-corrected chi connectivity index (χ0v) is 21.0. The number of carbonyl (C=O) groups is 3. The summed E-state index contributed by atoms with van der Waals surface area (Å²) in [5.74, 6) is -0.187. The molecule has 0 aliphatic carbocycles. The van der Waals surface area contributed by atoms with Crippen molar-refractivity contribution in [3.05, 3.63) is 65.2 Å². The number of carbonyl (C=O) groups excluding carboxylic acids is 3. The minimum atomic E-state index is -0.403. The van der Waals surface area contributed by atoms with Gasteiger partial charge in [-0.15, -0.1) is 0 Å². The number of piperazine rings is 1. The molecule has 0 aromatic heterocycles. The first-order valence-electron chi connectivity index (χ1n) is 13.1. The van der Waals surface area contributed by atoms with Gasteiger partial charge < -0.3 is 20.0 Å². The maximum Gasteiger partial charge on any atom is 0.256 e. The number of para-hydroxylation sites is 1. The minimum absolute atomic E-state index is 0.0348. The summed E-state index contributed by atoms with van der Waals surface area (Å²) in [4.78, 5) is 47.5. The molecule has 0 spiro atoms. The number of hydrogen-bond donors (Lipinski definition) is 1. The molecule has 2 fully saturated rings. The van der Waals surface area contributed by atoms with E-state index in [1.54, 1.807) is 15.9 Å². The van der Waals surface area contributed by atoms with Crippen LogP contribution in [0.4, 0.5) is 5.69 Å². The van der Waals surface area contributed by atoms with Crippen LogP contribution in [0.15, 0.2) is 48.5 Å². The highest BCUT2D eigenvalue weighted by Gasteiger charge is 2.41. The van der Waals surface area contributed by atoms with Crippen LogP contribution in [0.3, 0.4) is 0 Å². The molecule has 0 bridgehead atoms. The van der Waals surface area contributed by atoms with Gasteiger partial charge in [-0.05, 0) is 49.2 Å². The summed E-state index contributed by atoms with van der Waals surface area (Å²) >= 11 is 0. The van der Waals surface area contributed by atoms with Crippen LogP contribution in [0.1, 0.15) is 46.0 Å². The first-order valence-corrected chi connectivity index (χ1v) is 13.1. The molecule has 0 saturated carbocycles. The Bertz CT molecular complexity index is 1110. The Labute approximate surface area is 212 Å². The van der Waals surface area contributed by atoms with Crippen molar-refractivity contribution >= 4 is 23.4 Å². The standard InChI is InChI=1S/C28H35N5O3/c1-2-30-16-18-31(19-17-30)15-13-29-26(34)22-11-9-21(10-12-22)20-33-24-7-4-3-6-23(24)27(35)32-14-5-8-25(32)28(33)36/h3-4,6-7,9-12,25H,2,5,8,13-20H2,1H3,(H,29,34). The molecule has 8 nitrogen and oxygen atoms in total. The van der Waals surface area contributed by atoms with E-state index in [9.17, 15) is 14.4 Å². The molecule has 3 amide bonds. The predicted molar refractivity (Wildman–Crippen MR) is 139 cm³/mol. The van der Waals surface area contributed by atoms with Crippen LogP contribution in [0, 0.1) is 0 Å². The zero-order chi connectivity index (χ0) is 25.1. The van der Waals surface area contributed by atoms with Gasteiger partial charge in [0, 0.05) is 51.4 Å². The number of benzene rings is 2. The van der Waals surface area contributed by atoms with E-state index in [1.165, 1.54) is 0 Å². The summed E-state index contributed by atoms with van der Waals surface area (Å²) < 4.78 is 0. The lowest BCUT2D eigenvalue weighted by atomic mass is 10.1. The molecule has 1 atom stereocenters. The van der Waals surface area contributed by atoms with Gasteiger partial charge in [0.05, 0.1) is 17.8 Å². The smallest absolute Gasteiger partial charge is 0.256 e. The molecule has 5 rings (SSSR count). The second-order valence-corrected chi connectivity index (χ2v) is 9.83. The molecule has 3 heterocycles.